The molecule has 0 unspecified atom stereocenters. The van der Waals surface area contributed by atoms with E-state index in [0.29, 0.717) is 12.7 Å². The summed E-state index contributed by atoms with van der Waals surface area (Å²) in [6, 6.07) is 9.36. The average Bonchev–Trinajstić information content (AvgIpc) is 2.46. The molecule has 0 aliphatic rings. The lowest BCUT2D eigenvalue weighted by molar-refractivity contribution is -0.129. The van der Waals surface area contributed by atoms with Crippen molar-refractivity contribution in [2.24, 2.45) is 5.92 Å². The van der Waals surface area contributed by atoms with Crippen LogP contribution in [0.1, 0.15) is 31.7 Å². The number of carbonyl (C=O) groups excluding carboxylic acids is 2. The largest absolute Gasteiger partial charge is 0.384 e. The maximum absolute atomic E-state index is 11.8. The van der Waals surface area contributed by atoms with Crippen LogP contribution in [0.15, 0.2) is 36.4 Å². The highest BCUT2D eigenvalue weighted by Crippen LogP contribution is 2.13. The number of rotatable bonds is 8. The molecular formula is C16H20O3. The summed E-state index contributed by atoms with van der Waals surface area (Å²) in [5.41, 5.74) is 0.888. The quantitative estimate of drug-likeness (QED) is 0.577. The van der Waals surface area contributed by atoms with E-state index in [1.54, 1.807) is 6.08 Å². The molecule has 0 saturated carbocycles. The number of benzene rings is 1. The molecule has 0 aliphatic heterocycles. The minimum atomic E-state index is -1.23. The van der Waals surface area contributed by atoms with E-state index in [1.807, 2.05) is 37.3 Å². The molecule has 0 bridgehead atoms. The number of aliphatic hydroxyl groups is 1. The van der Waals surface area contributed by atoms with Crippen molar-refractivity contribution in [1.29, 1.82) is 0 Å². The highest BCUT2D eigenvalue weighted by molar-refractivity contribution is 5.98. The first-order chi connectivity index (χ1) is 9.19. The molecule has 0 saturated heterocycles. The van der Waals surface area contributed by atoms with E-state index in [0.717, 1.165) is 18.4 Å². The summed E-state index contributed by atoms with van der Waals surface area (Å²) in [6.45, 7) is 2.01. The molecule has 0 heterocycles. The highest BCUT2D eigenvalue weighted by atomic mass is 16.3. The van der Waals surface area contributed by atoms with Gasteiger partial charge in [-0.25, -0.2) is 0 Å². The molecular weight excluding hydrogens is 240 g/mol. The fourth-order valence-electron chi connectivity index (χ4n) is 1.79. The number of hydrogen-bond donors (Lipinski definition) is 1. The van der Waals surface area contributed by atoms with Crippen LogP contribution in [0.4, 0.5) is 0 Å². The van der Waals surface area contributed by atoms with E-state index >= 15 is 0 Å². The van der Waals surface area contributed by atoms with Crippen molar-refractivity contribution in [3.63, 3.8) is 0 Å². The molecule has 1 N–H and O–H groups in total. The molecule has 3 nitrogen and oxygen atoms in total. The lowest BCUT2D eigenvalue weighted by Gasteiger charge is -2.14. The van der Waals surface area contributed by atoms with E-state index in [4.69, 9.17) is 0 Å². The number of ketones is 1. The van der Waals surface area contributed by atoms with Crippen LogP contribution in [0.3, 0.4) is 0 Å². The minimum Gasteiger partial charge on any atom is -0.384 e. The first kappa shape index (κ1) is 15.3. The number of aliphatic hydroxyl groups excluding tert-OH is 1. The molecule has 1 aromatic rings. The molecule has 1 rings (SSSR count). The van der Waals surface area contributed by atoms with Gasteiger partial charge in [0.25, 0.3) is 0 Å². The molecule has 1 aromatic carbocycles. The first-order valence-corrected chi connectivity index (χ1v) is 6.59. The van der Waals surface area contributed by atoms with Crippen LogP contribution in [0.25, 0.3) is 6.08 Å². The van der Waals surface area contributed by atoms with Crippen LogP contribution < -0.4 is 0 Å². The zero-order valence-electron chi connectivity index (χ0n) is 11.2. The molecule has 3 heteroatoms. The van der Waals surface area contributed by atoms with E-state index in [9.17, 15) is 14.7 Å². The summed E-state index contributed by atoms with van der Waals surface area (Å²) in [5, 5.41) is 9.85. The summed E-state index contributed by atoms with van der Waals surface area (Å²) in [4.78, 5) is 22.7. The van der Waals surface area contributed by atoms with Crippen LogP contribution in [-0.2, 0) is 9.59 Å². The van der Waals surface area contributed by atoms with Crippen LogP contribution in [0.2, 0.25) is 0 Å². The molecule has 19 heavy (non-hydrogen) atoms. The van der Waals surface area contributed by atoms with Crippen LogP contribution >= 0.6 is 0 Å². The Balaban J connectivity index is 2.61. The third kappa shape index (κ3) is 5.18. The number of carbonyl (C=O) groups is 2. The molecule has 0 radical (unpaired) electrons. The second-order valence-corrected chi connectivity index (χ2v) is 4.53. The van der Waals surface area contributed by atoms with Crippen molar-refractivity contribution >= 4 is 18.1 Å². The van der Waals surface area contributed by atoms with E-state index < -0.39 is 17.8 Å². The van der Waals surface area contributed by atoms with Gasteiger partial charge < -0.3 is 9.90 Å². The summed E-state index contributed by atoms with van der Waals surface area (Å²) >= 11 is 0. The topological polar surface area (TPSA) is 54.4 Å². The average molecular weight is 260 g/mol. The predicted octanol–water partition coefficient (Wildman–Crippen LogP) is 2.64. The molecule has 0 aromatic heterocycles. The molecule has 2 atom stereocenters. The van der Waals surface area contributed by atoms with Crippen LogP contribution in [-0.4, -0.2) is 23.3 Å². The molecule has 0 spiro atoms. The van der Waals surface area contributed by atoms with Gasteiger partial charge in [-0.15, -0.1) is 0 Å². The van der Waals surface area contributed by atoms with Gasteiger partial charge in [-0.2, -0.15) is 0 Å². The maximum atomic E-state index is 11.8. The maximum Gasteiger partial charge on any atom is 0.184 e. The van der Waals surface area contributed by atoms with Gasteiger partial charge >= 0.3 is 0 Å². The lowest BCUT2D eigenvalue weighted by Crippen LogP contribution is -2.29. The highest BCUT2D eigenvalue weighted by Gasteiger charge is 2.23. The monoisotopic (exact) mass is 260 g/mol. The van der Waals surface area contributed by atoms with Crippen molar-refractivity contribution in [2.45, 2.75) is 32.3 Å². The number of unbranched alkanes of at least 4 members (excludes halogenated alkanes) is 1. The minimum absolute atomic E-state index is 0.419. The van der Waals surface area contributed by atoms with Crippen molar-refractivity contribution in [3.8, 4) is 0 Å². The lowest BCUT2D eigenvalue weighted by atomic mass is 9.94. The molecule has 0 fully saturated rings. The van der Waals surface area contributed by atoms with Crippen molar-refractivity contribution in [2.75, 3.05) is 0 Å². The van der Waals surface area contributed by atoms with Crippen molar-refractivity contribution < 1.29 is 14.7 Å². The van der Waals surface area contributed by atoms with E-state index in [2.05, 4.69) is 0 Å². The van der Waals surface area contributed by atoms with Gasteiger partial charge in [0.1, 0.15) is 12.4 Å². The third-order valence-corrected chi connectivity index (χ3v) is 3.00. The Kier molecular flexibility index (Phi) is 6.75. The molecule has 102 valence electrons. The zero-order chi connectivity index (χ0) is 14.1. The Morgan fingerprint density at radius 2 is 2.00 bits per heavy atom. The van der Waals surface area contributed by atoms with Gasteiger partial charge in [-0.1, -0.05) is 56.2 Å². The normalized spacial score (nSPS) is 14.2. The van der Waals surface area contributed by atoms with Gasteiger partial charge in [0, 0.05) is 5.92 Å². The van der Waals surface area contributed by atoms with Gasteiger partial charge in [0.2, 0.25) is 0 Å². The van der Waals surface area contributed by atoms with Gasteiger partial charge in [-0.05, 0) is 18.1 Å². The van der Waals surface area contributed by atoms with E-state index in [1.165, 1.54) is 6.08 Å². The standard InChI is InChI=1S/C16H20O3/c1-2-3-9-14(12-17)16(19)15(18)11-10-13-7-5-4-6-8-13/h4-8,10-12,14,16,19H,2-3,9H2,1H3/b11-10+/t14-,16-/m1/s1. The Hall–Kier alpha value is -1.74. The van der Waals surface area contributed by atoms with Gasteiger partial charge in [-0.3, -0.25) is 4.79 Å². The number of aldehydes is 1. The second-order valence-electron chi connectivity index (χ2n) is 4.53. The summed E-state index contributed by atoms with van der Waals surface area (Å²) in [7, 11) is 0. The summed E-state index contributed by atoms with van der Waals surface area (Å²) in [5.74, 6) is -1.02. The van der Waals surface area contributed by atoms with E-state index in [-0.39, 0.29) is 0 Å². The zero-order valence-corrected chi connectivity index (χ0v) is 11.2. The Labute approximate surface area is 114 Å². The molecule has 0 aliphatic carbocycles. The molecule has 0 amide bonds. The Morgan fingerprint density at radius 1 is 1.32 bits per heavy atom. The fraction of sp³-hybridized carbons (Fsp3) is 0.375. The van der Waals surface area contributed by atoms with Crippen LogP contribution in [0, 0.1) is 5.92 Å². The SMILES string of the molecule is CCCC[C@H](C=O)[C@@H](O)C(=O)/C=C/c1ccccc1. The van der Waals surface area contributed by atoms with Crippen LogP contribution in [0.5, 0.6) is 0 Å². The fourth-order valence-corrected chi connectivity index (χ4v) is 1.79. The van der Waals surface area contributed by atoms with Crippen molar-refractivity contribution in [1.82, 2.24) is 0 Å². The van der Waals surface area contributed by atoms with Gasteiger partial charge in [0.15, 0.2) is 5.78 Å². The van der Waals surface area contributed by atoms with Crippen molar-refractivity contribution in [3.05, 3.63) is 42.0 Å². The number of hydrogen-bond acceptors (Lipinski definition) is 3. The second kappa shape index (κ2) is 8.38. The smallest absolute Gasteiger partial charge is 0.184 e. The third-order valence-electron chi connectivity index (χ3n) is 3.00. The summed E-state index contributed by atoms with van der Waals surface area (Å²) < 4.78 is 0. The first-order valence-electron chi connectivity index (χ1n) is 6.59. The predicted molar refractivity (Wildman–Crippen MR) is 75.6 cm³/mol. The Bertz CT molecular complexity index is 423. The Morgan fingerprint density at radius 3 is 2.58 bits per heavy atom. The summed E-state index contributed by atoms with van der Waals surface area (Å²) in [6.07, 6.45) is 4.74. The van der Waals surface area contributed by atoms with Gasteiger partial charge in [0.05, 0.1) is 0 Å².